The Kier molecular flexibility index (Phi) is 5.68. The number of nitrogens with one attached hydrogen (secondary N) is 1. The number of methoxy groups -OCH3 is 1. The fraction of sp³-hybridized carbons (Fsp3) is 0.600. The summed E-state index contributed by atoms with van der Waals surface area (Å²) in [5, 5.41) is 3.45. The van der Waals surface area contributed by atoms with Crippen molar-refractivity contribution in [2.75, 3.05) is 25.2 Å². The van der Waals surface area contributed by atoms with Gasteiger partial charge in [0.1, 0.15) is 5.75 Å². The quantitative estimate of drug-likeness (QED) is 0.829. The van der Waals surface area contributed by atoms with Crippen molar-refractivity contribution >= 4 is 25.8 Å². The van der Waals surface area contributed by atoms with E-state index >= 15 is 0 Å². The molecule has 2 rings (SSSR count). The summed E-state index contributed by atoms with van der Waals surface area (Å²) in [6.45, 7) is 2.89. The number of rotatable bonds is 6. The van der Waals surface area contributed by atoms with Gasteiger partial charge in [-0.2, -0.15) is 0 Å². The van der Waals surface area contributed by atoms with Gasteiger partial charge in [-0.3, -0.25) is 0 Å². The standard InChI is InChI=1S/C15H22BrNO3S/c1-3-17-15(11-6-7-21(18,19)10-11)9-12-8-13(20-2)4-5-14(12)16/h4-5,8,11,15,17H,3,6-7,9-10H2,1-2H3. The van der Waals surface area contributed by atoms with E-state index < -0.39 is 9.84 Å². The van der Waals surface area contributed by atoms with Gasteiger partial charge in [0.15, 0.2) is 9.84 Å². The van der Waals surface area contributed by atoms with E-state index in [4.69, 9.17) is 4.74 Å². The first-order valence-corrected chi connectivity index (χ1v) is 9.83. The van der Waals surface area contributed by atoms with Gasteiger partial charge >= 0.3 is 0 Å². The summed E-state index contributed by atoms with van der Waals surface area (Å²) in [5.74, 6) is 1.63. The molecule has 2 atom stereocenters. The first kappa shape index (κ1) is 16.8. The minimum Gasteiger partial charge on any atom is -0.497 e. The van der Waals surface area contributed by atoms with E-state index in [9.17, 15) is 8.42 Å². The van der Waals surface area contributed by atoms with Crippen molar-refractivity contribution in [1.82, 2.24) is 5.32 Å². The molecule has 0 aromatic heterocycles. The van der Waals surface area contributed by atoms with Gasteiger partial charge in [-0.1, -0.05) is 22.9 Å². The van der Waals surface area contributed by atoms with E-state index in [1.54, 1.807) is 7.11 Å². The lowest BCUT2D eigenvalue weighted by atomic mass is 9.93. The second-order valence-corrected chi connectivity index (χ2v) is 8.57. The Labute approximate surface area is 135 Å². The predicted molar refractivity (Wildman–Crippen MR) is 88.6 cm³/mol. The fourth-order valence-corrected chi connectivity index (χ4v) is 5.17. The van der Waals surface area contributed by atoms with Crippen molar-refractivity contribution < 1.29 is 13.2 Å². The zero-order valence-corrected chi connectivity index (χ0v) is 14.8. The van der Waals surface area contributed by atoms with Gasteiger partial charge in [-0.25, -0.2) is 8.42 Å². The molecular weight excluding hydrogens is 354 g/mol. The third-order valence-corrected chi connectivity index (χ3v) is 6.56. The largest absolute Gasteiger partial charge is 0.497 e. The highest BCUT2D eigenvalue weighted by Gasteiger charge is 2.33. The predicted octanol–water partition coefficient (Wildman–Crippen LogP) is 2.41. The molecule has 1 fully saturated rings. The molecule has 21 heavy (non-hydrogen) atoms. The van der Waals surface area contributed by atoms with E-state index in [1.165, 1.54) is 0 Å². The molecule has 118 valence electrons. The number of ether oxygens (including phenoxy) is 1. The minimum atomic E-state index is -2.85. The van der Waals surface area contributed by atoms with Gasteiger partial charge in [-0.05, 0) is 49.1 Å². The first-order valence-electron chi connectivity index (χ1n) is 7.21. The van der Waals surface area contributed by atoms with E-state index in [-0.39, 0.29) is 12.0 Å². The van der Waals surface area contributed by atoms with Gasteiger partial charge in [0.2, 0.25) is 0 Å². The molecule has 6 heteroatoms. The molecule has 1 aliphatic rings. The molecule has 1 heterocycles. The summed E-state index contributed by atoms with van der Waals surface area (Å²) in [7, 11) is -1.20. The highest BCUT2D eigenvalue weighted by Crippen LogP contribution is 2.28. The van der Waals surface area contributed by atoms with Crippen LogP contribution in [-0.4, -0.2) is 39.6 Å². The summed E-state index contributed by atoms with van der Waals surface area (Å²) >= 11 is 3.57. The molecule has 0 radical (unpaired) electrons. The molecule has 0 spiro atoms. The Balaban J connectivity index is 2.16. The number of likely N-dealkylation sites (N-methyl/N-ethyl adjacent to an activating group) is 1. The molecule has 0 bridgehead atoms. The Morgan fingerprint density at radius 2 is 2.24 bits per heavy atom. The number of sulfone groups is 1. The molecule has 1 aromatic rings. The van der Waals surface area contributed by atoms with Gasteiger partial charge in [0.05, 0.1) is 18.6 Å². The Morgan fingerprint density at radius 1 is 1.48 bits per heavy atom. The average Bonchev–Trinajstić information content (AvgIpc) is 2.81. The Morgan fingerprint density at radius 3 is 2.81 bits per heavy atom. The van der Waals surface area contributed by atoms with Crippen LogP contribution in [0.1, 0.15) is 18.9 Å². The molecule has 0 saturated carbocycles. The third kappa shape index (κ3) is 4.44. The van der Waals surface area contributed by atoms with Gasteiger partial charge in [-0.15, -0.1) is 0 Å². The molecular formula is C15H22BrNO3S. The van der Waals surface area contributed by atoms with Crippen LogP contribution in [-0.2, 0) is 16.3 Å². The molecule has 1 saturated heterocycles. The fourth-order valence-electron chi connectivity index (χ4n) is 2.88. The topological polar surface area (TPSA) is 55.4 Å². The highest BCUT2D eigenvalue weighted by molar-refractivity contribution is 9.10. The smallest absolute Gasteiger partial charge is 0.150 e. The maximum atomic E-state index is 11.7. The lowest BCUT2D eigenvalue weighted by molar-refractivity contribution is 0.383. The van der Waals surface area contributed by atoms with E-state index in [2.05, 4.69) is 28.2 Å². The molecule has 1 N–H and O–H groups in total. The van der Waals surface area contributed by atoms with Crippen molar-refractivity contribution in [2.24, 2.45) is 5.92 Å². The van der Waals surface area contributed by atoms with Crippen LogP contribution in [0.2, 0.25) is 0 Å². The zero-order valence-electron chi connectivity index (χ0n) is 12.4. The van der Waals surface area contributed by atoms with Crippen LogP contribution in [0, 0.1) is 5.92 Å². The van der Waals surface area contributed by atoms with Crippen LogP contribution in [0.5, 0.6) is 5.75 Å². The normalized spacial score (nSPS) is 22.1. The van der Waals surface area contributed by atoms with Crippen LogP contribution in [0.4, 0.5) is 0 Å². The summed E-state index contributed by atoms with van der Waals surface area (Å²) in [5.41, 5.74) is 1.14. The SMILES string of the molecule is CCNC(Cc1cc(OC)ccc1Br)C1CCS(=O)(=O)C1. The monoisotopic (exact) mass is 375 g/mol. The van der Waals surface area contributed by atoms with Crippen LogP contribution >= 0.6 is 15.9 Å². The van der Waals surface area contributed by atoms with Crippen molar-refractivity contribution in [3.63, 3.8) is 0 Å². The van der Waals surface area contributed by atoms with Crippen LogP contribution in [0.15, 0.2) is 22.7 Å². The van der Waals surface area contributed by atoms with E-state index in [0.29, 0.717) is 11.5 Å². The number of hydrogen-bond donors (Lipinski definition) is 1. The maximum Gasteiger partial charge on any atom is 0.150 e. The number of halogens is 1. The second kappa shape index (κ2) is 7.11. The van der Waals surface area contributed by atoms with Gasteiger partial charge < -0.3 is 10.1 Å². The van der Waals surface area contributed by atoms with Crippen LogP contribution < -0.4 is 10.1 Å². The molecule has 4 nitrogen and oxygen atoms in total. The molecule has 1 aliphatic heterocycles. The minimum absolute atomic E-state index is 0.177. The van der Waals surface area contributed by atoms with E-state index in [0.717, 1.165) is 35.2 Å². The Hall–Kier alpha value is -0.590. The van der Waals surface area contributed by atoms with Gasteiger partial charge in [0.25, 0.3) is 0 Å². The third-order valence-electron chi connectivity index (χ3n) is 4.00. The van der Waals surface area contributed by atoms with Crippen molar-refractivity contribution in [1.29, 1.82) is 0 Å². The number of hydrogen-bond acceptors (Lipinski definition) is 4. The van der Waals surface area contributed by atoms with Crippen molar-refractivity contribution in [3.8, 4) is 5.75 Å². The summed E-state index contributed by atoms with van der Waals surface area (Å²) in [4.78, 5) is 0. The van der Waals surface area contributed by atoms with Crippen LogP contribution in [0.3, 0.4) is 0 Å². The first-order chi connectivity index (χ1) is 9.95. The average molecular weight is 376 g/mol. The summed E-state index contributed by atoms with van der Waals surface area (Å²) < 4.78 is 29.7. The number of benzene rings is 1. The lowest BCUT2D eigenvalue weighted by Crippen LogP contribution is -2.38. The van der Waals surface area contributed by atoms with Crippen LogP contribution in [0.25, 0.3) is 0 Å². The molecule has 2 unspecified atom stereocenters. The lowest BCUT2D eigenvalue weighted by Gasteiger charge is -2.24. The highest BCUT2D eigenvalue weighted by atomic mass is 79.9. The molecule has 0 amide bonds. The zero-order chi connectivity index (χ0) is 15.5. The van der Waals surface area contributed by atoms with Crippen molar-refractivity contribution in [2.45, 2.75) is 25.8 Å². The van der Waals surface area contributed by atoms with Crippen molar-refractivity contribution in [3.05, 3.63) is 28.2 Å². The second-order valence-electron chi connectivity index (χ2n) is 5.49. The maximum absolute atomic E-state index is 11.7. The van der Waals surface area contributed by atoms with Gasteiger partial charge in [0, 0.05) is 10.5 Å². The Bertz CT molecular complexity index is 589. The molecule has 0 aliphatic carbocycles. The summed E-state index contributed by atoms with van der Waals surface area (Å²) in [6.07, 6.45) is 1.55. The van der Waals surface area contributed by atoms with E-state index in [1.807, 2.05) is 18.2 Å². The summed E-state index contributed by atoms with van der Waals surface area (Å²) in [6, 6.07) is 6.08. The molecule has 1 aromatic carbocycles.